The molecule has 106 valence electrons. The molecule has 1 aliphatic heterocycles. The van der Waals surface area contributed by atoms with E-state index in [4.69, 9.17) is 5.11 Å². The van der Waals surface area contributed by atoms with Crippen LogP contribution in [0.25, 0.3) is 10.9 Å². The zero-order valence-electron chi connectivity index (χ0n) is 10.3. The summed E-state index contributed by atoms with van der Waals surface area (Å²) in [7, 11) is 0. The number of hydrogen-bond acceptors (Lipinski definition) is 1. The Morgan fingerprint density at radius 3 is 2.75 bits per heavy atom. The van der Waals surface area contributed by atoms with Crippen molar-refractivity contribution in [3.8, 4) is 0 Å². The summed E-state index contributed by atoms with van der Waals surface area (Å²) < 4.78 is 38.0. The van der Waals surface area contributed by atoms with Gasteiger partial charge >= 0.3 is 12.3 Å². The van der Waals surface area contributed by atoms with Gasteiger partial charge in [0.1, 0.15) is 0 Å². The maximum atomic E-state index is 12.7. The zero-order chi connectivity index (χ0) is 14.5. The number of aromatic amines is 1. The molecule has 0 saturated carbocycles. The Labute approximate surface area is 111 Å². The van der Waals surface area contributed by atoms with Gasteiger partial charge in [-0.25, -0.2) is 4.79 Å². The molecule has 1 aromatic heterocycles. The number of halogens is 3. The molecule has 1 aliphatic rings. The fraction of sp³-hybridized carbons (Fsp3) is 0.308. The molecule has 3 rings (SSSR count). The van der Waals surface area contributed by atoms with Crippen molar-refractivity contribution < 1.29 is 23.1 Å². The average Bonchev–Trinajstić information content (AvgIpc) is 2.73. The zero-order valence-corrected chi connectivity index (χ0v) is 10.3. The summed E-state index contributed by atoms with van der Waals surface area (Å²) in [5, 5.41) is 9.69. The monoisotopic (exact) mass is 284 g/mol. The van der Waals surface area contributed by atoms with Crippen LogP contribution >= 0.6 is 0 Å². The van der Waals surface area contributed by atoms with Gasteiger partial charge in [-0.15, -0.1) is 0 Å². The van der Waals surface area contributed by atoms with E-state index < -0.39 is 17.8 Å². The van der Waals surface area contributed by atoms with Gasteiger partial charge in [0, 0.05) is 23.1 Å². The number of nitrogens with one attached hydrogen (secondary N) is 1. The number of fused-ring (bicyclic) bond motifs is 3. The lowest BCUT2D eigenvalue weighted by Crippen LogP contribution is -2.34. The molecule has 0 unspecified atom stereocenters. The van der Waals surface area contributed by atoms with Crippen LogP contribution in [-0.4, -0.2) is 27.6 Å². The molecule has 2 aromatic rings. The van der Waals surface area contributed by atoms with Crippen LogP contribution in [-0.2, 0) is 19.1 Å². The summed E-state index contributed by atoms with van der Waals surface area (Å²) in [6.45, 7) is 0.539. The van der Waals surface area contributed by atoms with Crippen LogP contribution in [0, 0.1) is 0 Å². The van der Waals surface area contributed by atoms with Crippen LogP contribution in [0.3, 0.4) is 0 Å². The van der Waals surface area contributed by atoms with Crippen molar-refractivity contribution in [2.24, 2.45) is 0 Å². The molecular formula is C13H11F3N2O2. The highest BCUT2D eigenvalue weighted by Gasteiger charge is 2.31. The summed E-state index contributed by atoms with van der Waals surface area (Å²) in [5.74, 6) is 0. The third kappa shape index (κ3) is 1.99. The second kappa shape index (κ2) is 4.16. The van der Waals surface area contributed by atoms with Gasteiger partial charge in [0.15, 0.2) is 0 Å². The molecule has 0 fully saturated rings. The molecule has 4 nitrogen and oxygen atoms in total. The van der Waals surface area contributed by atoms with E-state index >= 15 is 0 Å². The lowest BCUT2D eigenvalue weighted by molar-refractivity contribution is -0.137. The van der Waals surface area contributed by atoms with E-state index in [9.17, 15) is 18.0 Å². The summed E-state index contributed by atoms with van der Waals surface area (Å²) >= 11 is 0. The topological polar surface area (TPSA) is 56.3 Å². The number of nitrogens with zero attached hydrogens (tertiary/aromatic N) is 1. The first kappa shape index (κ1) is 12.8. The lowest BCUT2D eigenvalue weighted by Gasteiger charge is -2.24. The van der Waals surface area contributed by atoms with Crippen molar-refractivity contribution in [1.82, 2.24) is 9.88 Å². The summed E-state index contributed by atoms with van der Waals surface area (Å²) in [6, 6.07) is 3.57. The minimum atomic E-state index is -4.38. The number of hydrogen-bond donors (Lipinski definition) is 2. The summed E-state index contributed by atoms with van der Waals surface area (Å²) in [4.78, 5) is 15.1. The first-order valence-corrected chi connectivity index (χ1v) is 6.05. The maximum Gasteiger partial charge on any atom is 0.416 e. The molecule has 0 radical (unpaired) electrons. The highest BCUT2D eigenvalue weighted by molar-refractivity contribution is 5.86. The van der Waals surface area contributed by atoms with E-state index in [1.165, 1.54) is 11.0 Å². The van der Waals surface area contributed by atoms with E-state index in [1.54, 1.807) is 0 Å². The van der Waals surface area contributed by atoms with Crippen molar-refractivity contribution in [2.45, 2.75) is 19.1 Å². The van der Waals surface area contributed by atoms with Gasteiger partial charge in [-0.3, -0.25) is 0 Å². The maximum absolute atomic E-state index is 12.7. The van der Waals surface area contributed by atoms with Gasteiger partial charge in [0.25, 0.3) is 0 Å². The van der Waals surface area contributed by atoms with E-state index in [0.29, 0.717) is 24.2 Å². The molecule has 7 heteroatoms. The number of H-pyrrole nitrogens is 1. The van der Waals surface area contributed by atoms with E-state index in [0.717, 1.165) is 23.1 Å². The highest BCUT2D eigenvalue weighted by Crippen LogP contribution is 2.34. The lowest BCUT2D eigenvalue weighted by atomic mass is 10.0. The van der Waals surface area contributed by atoms with Crippen LogP contribution in [0.4, 0.5) is 18.0 Å². The molecule has 20 heavy (non-hydrogen) atoms. The van der Waals surface area contributed by atoms with Gasteiger partial charge in [-0.1, -0.05) is 6.07 Å². The van der Waals surface area contributed by atoms with E-state index in [1.807, 2.05) is 0 Å². The molecule has 1 aromatic carbocycles. The van der Waals surface area contributed by atoms with Crippen LogP contribution < -0.4 is 0 Å². The van der Waals surface area contributed by atoms with Crippen molar-refractivity contribution in [2.75, 3.05) is 6.54 Å². The highest BCUT2D eigenvalue weighted by atomic mass is 19.4. The largest absolute Gasteiger partial charge is 0.465 e. The number of amides is 1. The quantitative estimate of drug-likeness (QED) is 0.780. The van der Waals surface area contributed by atoms with Crippen molar-refractivity contribution in [3.05, 3.63) is 35.0 Å². The van der Waals surface area contributed by atoms with Crippen LogP contribution in [0.2, 0.25) is 0 Å². The molecule has 0 aliphatic carbocycles. The molecule has 0 atom stereocenters. The van der Waals surface area contributed by atoms with Crippen molar-refractivity contribution in [3.63, 3.8) is 0 Å². The number of benzene rings is 1. The summed E-state index contributed by atoms with van der Waals surface area (Å²) in [6.07, 6.45) is -4.90. The number of carbonyl (C=O) groups is 1. The van der Waals surface area contributed by atoms with Crippen LogP contribution in [0.5, 0.6) is 0 Å². The minimum absolute atomic E-state index is 0.181. The van der Waals surface area contributed by atoms with Crippen molar-refractivity contribution in [1.29, 1.82) is 0 Å². The number of aromatic nitrogens is 1. The minimum Gasteiger partial charge on any atom is -0.465 e. The molecule has 0 saturated heterocycles. The smallest absolute Gasteiger partial charge is 0.416 e. The Hall–Kier alpha value is -2.18. The Morgan fingerprint density at radius 2 is 2.10 bits per heavy atom. The van der Waals surface area contributed by atoms with Gasteiger partial charge in [0.2, 0.25) is 0 Å². The fourth-order valence-electron chi connectivity index (χ4n) is 2.59. The summed E-state index contributed by atoms with van der Waals surface area (Å²) in [5.41, 5.74) is 1.27. The number of alkyl halides is 3. The Morgan fingerprint density at radius 1 is 1.35 bits per heavy atom. The Balaban J connectivity index is 2.06. The molecule has 2 N–H and O–H groups in total. The first-order chi connectivity index (χ1) is 9.36. The van der Waals surface area contributed by atoms with Gasteiger partial charge in [-0.2, -0.15) is 13.2 Å². The van der Waals surface area contributed by atoms with Crippen molar-refractivity contribution >= 4 is 17.0 Å². The average molecular weight is 284 g/mol. The van der Waals surface area contributed by atoms with E-state index in [-0.39, 0.29) is 6.54 Å². The fourth-order valence-corrected chi connectivity index (χ4v) is 2.59. The SMILES string of the molecule is O=C(O)N1CCc2c([nH]c3cc(C(F)(F)F)ccc23)C1. The standard InChI is InChI=1S/C13H11F3N2O2/c14-13(15,16)7-1-2-8-9-3-4-18(12(19)20)6-11(9)17-10(8)5-7/h1-2,5,17H,3-4,6H2,(H,19,20). The van der Waals surface area contributed by atoms with Gasteiger partial charge in [0.05, 0.1) is 12.1 Å². The van der Waals surface area contributed by atoms with E-state index in [2.05, 4.69) is 4.98 Å². The third-order valence-corrected chi connectivity index (χ3v) is 3.57. The molecule has 0 spiro atoms. The van der Waals surface area contributed by atoms with Gasteiger partial charge in [-0.05, 0) is 24.1 Å². The molecule has 2 heterocycles. The third-order valence-electron chi connectivity index (χ3n) is 3.57. The Bertz CT molecular complexity index is 691. The molecular weight excluding hydrogens is 273 g/mol. The predicted molar refractivity (Wildman–Crippen MR) is 65.4 cm³/mol. The molecule has 1 amide bonds. The number of rotatable bonds is 0. The predicted octanol–water partition coefficient (Wildman–Crippen LogP) is 3.22. The number of carboxylic acid groups (broad SMARTS) is 1. The van der Waals surface area contributed by atoms with Crippen LogP contribution in [0.1, 0.15) is 16.8 Å². The van der Waals surface area contributed by atoms with Crippen LogP contribution in [0.15, 0.2) is 18.2 Å². The normalized spacial score (nSPS) is 15.4. The second-order valence-corrected chi connectivity index (χ2v) is 4.79. The Kier molecular flexibility index (Phi) is 2.67. The van der Waals surface area contributed by atoms with Gasteiger partial charge < -0.3 is 15.0 Å². The first-order valence-electron chi connectivity index (χ1n) is 6.05. The molecule has 0 bridgehead atoms. The second-order valence-electron chi connectivity index (χ2n) is 4.79.